The summed E-state index contributed by atoms with van der Waals surface area (Å²) in [6.07, 6.45) is 4.70. The number of hydrogen-bond acceptors (Lipinski definition) is 3. The molecule has 0 spiro atoms. The first-order chi connectivity index (χ1) is 15.1. The summed E-state index contributed by atoms with van der Waals surface area (Å²) in [6, 6.07) is 17.7. The van der Waals surface area contributed by atoms with Crippen LogP contribution >= 0.6 is 0 Å². The van der Waals surface area contributed by atoms with E-state index in [-0.39, 0.29) is 24.2 Å². The Morgan fingerprint density at radius 2 is 1.84 bits per heavy atom. The number of rotatable bonds is 5. The maximum absolute atomic E-state index is 12.9. The number of nitrogens with zero attached hydrogens (tertiary/aromatic N) is 4. The lowest BCUT2D eigenvalue weighted by atomic mass is 9.93. The molecule has 7 heteroatoms. The summed E-state index contributed by atoms with van der Waals surface area (Å²) in [7, 11) is 1.73. The third-order valence-electron chi connectivity index (χ3n) is 6.13. The van der Waals surface area contributed by atoms with Crippen molar-refractivity contribution in [2.75, 3.05) is 0 Å². The summed E-state index contributed by atoms with van der Waals surface area (Å²) in [5.74, 6) is -0.160. The van der Waals surface area contributed by atoms with Gasteiger partial charge in [0.25, 0.3) is 0 Å². The Kier molecular flexibility index (Phi) is 4.94. The van der Waals surface area contributed by atoms with Gasteiger partial charge in [-0.25, -0.2) is 4.79 Å². The summed E-state index contributed by atoms with van der Waals surface area (Å²) in [5.41, 5.74) is 4.88. The number of aryl methyl sites for hydroxylation is 1. The van der Waals surface area contributed by atoms with E-state index >= 15 is 0 Å². The van der Waals surface area contributed by atoms with Gasteiger partial charge in [-0.3, -0.25) is 18.6 Å². The molecule has 4 aromatic rings. The second-order valence-corrected chi connectivity index (χ2v) is 8.12. The van der Waals surface area contributed by atoms with Crippen LogP contribution in [0.1, 0.15) is 35.7 Å². The van der Waals surface area contributed by atoms with Crippen LogP contribution in [0.3, 0.4) is 0 Å². The molecule has 1 amide bonds. The van der Waals surface area contributed by atoms with Crippen molar-refractivity contribution in [3.05, 3.63) is 88.1 Å². The molecular weight excluding hydrogens is 390 g/mol. The van der Waals surface area contributed by atoms with E-state index < -0.39 is 0 Å². The number of carbonyl (C=O) groups is 1. The summed E-state index contributed by atoms with van der Waals surface area (Å²) >= 11 is 0. The first-order valence-corrected chi connectivity index (χ1v) is 10.6. The molecule has 1 aliphatic carbocycles. The van der Waals surface area contributed by atoms with Crippen molar-refractivity contribution < 1.29 is 4.79 Å². The molecule has 0 saturated carbocycles. The molecular formula is C24H25N5O2. The van der Waals surface area contributed by atoms with Gasteiger partial charge in [0.1, 0.15) is 6.54 Å². The maximum Gasteiger partial charge on any atom is 0.329 e. The van der Waals surface area contributed by atoms with Gasteiger partial charge in [-0.2, -0.15) is 5.10 Å². The topological polar surface area (TPSA) is 73.8 Å². The predicted molar refractivity (Wildman–Crippen MR) is 119 cm³/mol. The highest BCUT2D eigenvalue weighted by atomic mass is 16.2. The molecule has 2 aromatic carbocycles. The Bertz CT molecular complexity index is 1300. The van der Waals surface area contributed by atoms with Gasteiger partial charge in [-0.1, -0.05) is 42.5 Å². The van der Waals surface area contributed by atoms with E-state index in [2.05, 4.69) is 22.5 Å². The fourth-order valence-corrected chi connectivity index (χ4v) is 4.56. The summed E-state index contributed by atoms with van der Waals surface area (Å²) in [5, 5.41) is 7.74. The van der Waals surface area contributed by atoms with E-state index in [4.69, 9.17) is 0 Å². The minimum atomic E-state index is -0.184. The Hall–Kier alpha value is -3.61. The fraction of sp³-hybridized carbons (Fsp3) is 0.292. The second-order valence-electron chi connectivity index (χ2n) is 8.12. The third-order valence-corrected chi connectivity index (χ3v) is 6.13. The van der Waals surface area contributed by atoms with Crippen molar-refractivity contribution >= 4 is 16.9 Å². The number of para-hydroxylation sites is 2. The molecule has 0 fully saturated rings. The maximum atomic E-state index is 12.9. The number of nitrogens with one attached hydrogen (secondary N) is 1. The number of carbonyl (C=O) groups excluding carboxylic acids is 1. The Morgan fingerprint density at radius 3 is 2.65 bits per heavy atom. The van der Waals surface area contributed by atoms with Gasteiger partial charge < -0.3 is 5.32 Å². The molecule has 0 saturated heterocycles. The number of aromatic nitrogens is 4. The van der Waals surface area contributed by atoms with E-state index in [1.807, 2.05) is 53.3 Å². The molecule has 1 aliphatic rings. The Labute approximate surface area is 179 Å². The van der Waals surface area contributed by atoms with Gasteiger partial charge in [-0.15, -0.1) is 0 Å². The van der Waals surface area contributed by atoms with Crippen LogP contribution in [0, 0.1) is 0 Å². The smallest absolute Gasteiger partial charge is 0.329 e. The van der Waals surface area contributed by atoms with E-state index in [9.17, 15) is 9.59 Å². The zero-order valence-electron chi connectivity index (χ0n) is 17.5. The highest BCUT2D eigenvalue weighted by Gasteiger charge is 2.26. The lowest BCUT2D eigenvalue weighted by molar-refractivity contribution is -0.122. The molecule has 1 unspecified atom stereocenters. The van der Waals surface area contributed by atoms with E-state index in [0.717, 1.165) is 42.4 Å². The minimum Gasteiger partial charge on any atom is -0.348 e. The second kappa shape index (κ2) is 7.91. The Balaban J connectivity index is 1.35. The third kappa shape index (κ3) is 3.56. The van der Waals surface area contributed by atoms with Crippen LogP contribution in [0.25, 0.3) is 11.0 Å². The quantitative estimate of drug-likeness (QED) is 0.545. The van der Waals surface area contributed by atoms with Crippen molar-refractivity contribution in [2.24, 2.45) is 7.05 Å². The summed E-state index contributed by atoms with van der Waals surface area (Å²) in [4.78, 5) is 25.5. The van der Waals surface area contributed by atoms with Crippen LogP contribution in [-0.4, -0.2) is 24.8 Å². The Morgan fingerprint density at radius 1 is 1.10 bits per heavy atom. The fourth-order valence-electron chi connectivity index (χ4n) is 4.56. The van der Waals surface area contributed by atoms with Crippen LogP contribution in [0.2, 0.25) is 0 Å². The summed E-state index contributed by atoms with van der Waals surface area (Å²) < 4.78 is 5.15. The largest absolute Gasteiger partial charge is 0.348 e. The molecule has 5 rings (SSSR count). The highest BCUT2D eigenvalue weighted by Crippen LogP contribution is 2.30. The van der Waals surface area contributed by atoms with E-state index in [0.29, 0.717) is 0 Å². The van der Waals surface area contributed by atoms with Gasteiger partial charge >= 0.3 is 5.69 Å². The van der Waals surface area contributed by atoms with Crippen LogP contribution in [-0.2, 0) is 31.4 Å². The highest BCUT2D eigenvalue weighted by molar-refractivity contribution is 5.81. The van der Waals surface area contributed by atoms with Gasteiger partial charge in [-0.05, 0) is 37.0 Å². The molecule has 0 radical (unpaired) electrons. The average Bonchev–Trinajstić information content (AvgIpc) is 3.30. The van der Waals surface area contributed by atoms with Gasteiger partial charge in [0.15, 0.2) is 0 Å². The SMILES string of the molecule is Cn1c(=O)n(CC(=O)NC2CCCc3c2cnn3Cc2ccccc2)c2ccccc21. The first-order valence-electron chi connectivity index (χ1n) is 10.6. The number of hydrogen-bond donors (Lipinski definition) is 1. The van der Waals surface area contributed by atoms with Crippen LogP contribution < -0.4 is 11.0 Å². The molecule has 0 aliphatic heterocycles. The van der Waals surface area contributed by atoms with Crippen molar-refractivity contribution in [3.8, 4) is 0 Å². The molecule has 2 heterocycles. The van der Waals surface area contributed by atoms with Crippen molar-refractivity contribution in [1.82, 2.24) is 24.2 Å². The zero-order chi connectivity index (χ0) is 21.4. The molecule has 1 atom stereocenters. The standard InChI is InChI=1S/C24H25N5O2/c1-27-21-11-5-6-12-22(21)28(24(27)31)16-23(30)26-19-10-7-13-20-18(19)14-25-29(20)15-17-8-3-2-4-9-17/h2-6,8-9,11-12,14,19H,7,10,13,15-16H2,1H3,(H,26,30). The van der Waals surface area contributed by atoms with Crippen LogP contribution in [0.4, 0.5) is 0 Å². The molecule has 0 bridgehead atoms. The molecule has 158 valence electrons. The lowest BCUT2D eigenvalue weighted by Gasteiger charge is -2.24. The molecule has 2 aromatic heterocycles. The van der Waals surface area contributed by atoms with E-state index in [1.165, 1.54) is 15.8 Å². The minimum absolute atomic E-state index is 0.00414. The van der Waals surface area contributed by atoms with Gasteiger partial charge in [0.05, 0.1) is 29.8 Å². The average molecular weight is 415 g/mol. The van der Waals surface area contributed by atoms with Crippen LogP contribution in [0.5, 0.6) is 0 Å². The van der Waals surface area contributed by atoms with Gasteiger partial charge in [0, 0.05) is 18.3 Å². The number of fused-ring (bicyclic) bond motifs is 2. The number of imidazole rings is 1. The molecule has 1 N–H and O–H groups in total. The van der Waals surface area contributed by atoms with Crippen molar-refractivity contribution in [2.45, 2.75) is 38.4 Å². The lowest BCUT2D eigenvalue weighted by Crippen LogP contribution is -2.36. The number of amides is 1. The normalized spacial score (nSPS) is 15.7. The van der Waals surface area contributed by atoms with Crippen molar-refractivity contribution in [3.63, 3.8) is 0 Å². The molecule has 7 nitrogen and oxygen atoms in total. The molecule has 31 heavy (non-hydrogen) atoms. The summed E-state index contributed by atoms with van der Waals surface area (Å²) in [6.45, 7) is 0.729. The first kappa shape index (κ1) is 19.4. The van der Waals surface area contributed by atoms with Crippen molar-refractivity contribution in [1.29, 1.82) is 0 Å². The van der Waals surface area contributed by atoms with Gasteiger partial charge in [0.2, 0.25) is 5.91 Å². The predicted octanol–water partition coefficient (Wildman–Crippen LogP) is 2.78. The zero-order valence-corrected chi connectivity index (χ0v) is 17.5. The number of benzene rings is 2. The van der Waals surface area contributed by atoms with Crippen LogP contribution in [0.15, 0.2) is 65.6 Å². The van der Waals surface area contributed by atoms with E-state index in [1.54, 1.807) is 11.6 Å². The monoisotopic (exact) mass is 415 g/mol.